The molecule has 0 amide bonds. The third kappa shape index (κ3) is 1.74. The SMILES string of the molecule is Cc1c(I)ccc(Br)c1C#N. The van der Waals surface area contributed by atoms with Gasteiger partial charge in [-0.1, -0.05) is 0 Å². The van der Waals surface area contributed by atoms with E-state index in [0.29, 0.717) is 0 Å². The number of hydrogen-bond acceptors (Lipinski definition) is 1. The molecule has 0 spiro atoms. The van der Waals surface area contributed by atoms with Crippen LogP contribution in [0.5, 0.6) is 0 Å². The predicted molar refractivity (Wildman–Crippen MR) is 56.3 cm³/mol. The van der Waals surface area contributed by atoms with Crippen molar-refractivity contribution in [3.05, 3.63) is 31.3 Å². The van der Waals surface area contributed by atoms with Gasteiger partial charge >= 0.3 is 0 Å². The molecule has 0 aliphatic carbocycles. The Morgan fingerprint density at radius 3 is 2.64 bits per heavy atom. The summed E-state index contributed by atoms with van der Waals surface area (Å²) in [6, 6.07) is 6.04. The molecule has 0 unspecified atom stereocenters. The summed E-state index contributed by atoms with van der Waals surface area (Å²) in [4.78, 5) is 0. The van der Waals surface area contributed by atoms with Crippen molar-refractivity contribution in [1.29, 1.82) is 5.26 Å². The Morgan fingerprint density at radius 1 is 1.55 bits per heavy atom. The molecular weight excluding hydrogens is 317 g/mol. The molecule has 0 radical (unpaired) electrons. The number of hydrogen-bond donors (Lipinski definition) is 0. The van der Waals surface area contributed by atoms with Crippen molar-refractivity contribution in [1.82, 2.24) is 0 Å². The quantitative estimate of drug-likeness (QED) is 0.673. The Hall–Kier alpha value is -0.0800. The van der Waals surface area contributed by atoms with Crippen molar-refractivity contribution < 1.29 is 0 Å². The van der Waals surface area contributed by atoms with Gasteiger partial charge < -0.3 is 0 Å². The fraction of sp³-hybridized carbons (Fsp3) is 0.125. The zero-order valence-corrected chi connectivity index (χ0v) is 9.60. The number of nitriles is 1. The average Bonchev–Trinajstić information content (AvgIpc) is 1.99. The fourth-order valence-corrected chi connectivity index (χ4v) is 1.76. The minimum atomic E-state index is 0.733. The van der Waals surface area contributed by atoms with Crippen molar-refractivity contribution in [2.75, 3.05) is 0 Å². The van der Waals surface area contributed by atoms with Gasteiger partial charge in [0, 0.05) is 8.04 Å². The molecule has 0 aliphatic heterocycles. The van der Waals surface area contributed by atoms with Crippen molar-refractivity contribution >= 4 is 38.5 Å². The average molecular weight is 322 g/mol. The molecule has 11 heavy (non-hydrogen) atoms. The van der Waals surface area contributed by atoms with E-state index in [9.17, 15) is 0 Å². The van der Waals surface area contributed by atoms with Crippen LogP contribution in [0.3, 0.4) is 0 Å². The lowest BCUT2D eigenvalue weighted by Gasteiger charge is -2.01. The van der Waals surface area contributed by atoms with E-state index < -0.39 is 0 Å². The molecule has 3 heteroatoms. The fourth-order valence-electron chi connectivity index (χ4n) is 0.790. The largest absolute Gasteiger partial charge is 0.192 e. The zero-order valence-electron chi connectivity index (χ0n) is 5.86. The topological polar surface area (TPSA) is 23.8 Å². The number of benzene rings is 1. The molecule has 0 N–H and O–H groups in total. The molecule has 1 aromatic rings. The molecule has 0 aromatic heterocycles. The third-order valence-electron chi connectivity index (χ3n) is 1.46. The highest BCUT2D eigenvalue weighted by Gasteiger charge is 2.04. The molecule has 0 atom stereocenters. The van der Waals surface area contributed by atoms with Gasteiger partial charge in [0.1, 0.15) is 6.07 Å². The van der Waals surface area contributed by atoms with Crippen LogP contribution in [0, 0.1) is 21.8 Å². The maximum absolute atomic E-state index is 8.74. The second-order valence-corrected chi connectivity index (χ2v) is 4.16. The van der Waals surface area contributed by atoms with Crippen LogP contribution in [0.4, 0.5) is 0 Å². The Bertz CT molecular complexity index is 328. The van der Waals surface area contributed by atoms with Crippen LogP contribution < -0.4 is 0 Å². The van der Waals surface area contributed by atoms with Gasteiger partial charge in [0.05, 0.1) is 5.56 Å². The first kappa shape index (κ1) is 9.01. The first-order valence-electron chi connectivity index (χ1n) is 3.01. The Morgan fingerprint density at radius 2 is 2.18 bits per heavy atom. The van der Waals surface area contributed by atoms with Crippen molar-refractivity contribution in [3.8, 4) is 6.07 Å². The summed E-state index contributed by atoms with van der Waals surface area (Å²) in [5, 5.41) is 8.74. The van der Waals surface area contributed by atoms with E-state index in [1.54, 1.807) is 0 Å². The van der Waals surface area contributed by atoms with Crippen LogP contribution in [0.1, 0.15) is 11.1 Å². The maximum Gasteiger partial charge on any atom is 0.101 e. The van der Waals surface area contributed by atoms with Crippen LogP contribution in [0.25, 0.3) is 0 Å². The molecule has 0 aliphatic rings. The molecule has 0 bridgehead atoms. The number of rotatable bonds is 0. The van der Waals surface area contributed by atoms with Gasteiger partial charge in [0.25, 0.3) is 0 Å². The molecule has 56 valence electrons. The minimum Gasteiger partial charge on any atom is -0.192 e. The number of nitrogens with zero attached hydrogens (tertiary/aromatic N) is 1. The Balaban J connectivity index is 3.44. The highest BCUT2D eigenvalue weighted by atomic mass is 127. The van der Waals surface area contributed by atoms with Crippen molar-refractivity contribution in [2.24, 2.45) is 0 Å². The predicted octanol–water partition coefficient (Wildman–Crippen LogP) is 3.23. The normalized spacial score (nSPS) is 9.27. The summed E-state index contributed by atoms with van der Waals surface area (Å²) in [5.74, 6) is 0. The van der Waals surface area contributed by atoms with Crippen LogP contribution in [0.2, 0.25) is 0 Å². The first-order valence-corrected chi connectivity index (χ1v) is 4.88. The molecule has 0 saturated heterocycles. The van der Waals surface area contributed by atoms with Gasteiger partial charge in [-0.25, -0.2) is 0 Å². The Labute approximate surface area is 87.7 Å². The van der Waals surface area contributed by atoms with E-state index in [4.69, 9.17) is 5.26 Å². The van der Waals surface area contributed by atoms with Crippen molar-refractivity contribution in [3.63, 3.8) is 0 Å². The van der Waals surface area contributed by atoms with Gasteiger partial charge in [-0.3, -0.25) is 0 Å². The monoisotopic (exact) mass is 321 g/mol. The van der Waals surface area contributed by atoms with Gasteiger partial charge in [0.2, 0.25) is 0 Å². The minimum absolute atomic E-state index is 0.733. The summed E-state index contributed by atoms with van der Waals surface area (Å²) in [7, 11) is 0. The first-order chi connectivity index (χ1) is 5.16. The summed E-state index contributed by atoms with van der Waals surface area (Å²) >= 11 is 5.53. The molecule has 0 fully saturated rings. The van der Waals surface area contributed by atoms with E-state index in [0.717, 1.165) is 19.2 Å². The summed E-state index contributed by atoms with van der Waals surface area (Å²) in [5.41, 5.74) is 1.78. The third-order valence-corrected chi connectivity index (χ3v) is 3.29. The van der Waals surface area contributed by atoms with E-state index in [1.165, 1.54) is 0 Å². The van der Waals surface area contributed by atoms with E-state index >= 15 is 0 Å². The summed E-state index contributed by atoms with van der Waals surface area (Å²) in [6.45, 7) is 1.95. The van der Waals surface area contributed by atoms with Gasteiger partial charge in [-0.15, -0.1) is 0 Å². The van der Waals surface area contributed by atoms with Gasteiger partial charge in [0.15, 0.2) is 0 Å². The highest BCUT2D eigenvalue weighted by molar-refractivity contribution is 14.1. The lowest BCUT2D eigenvalue weighted by atomic mass is 10.1. The van der Waals surface area contributed by atoms with Crippen molar-refractivity contribution in [2.45, 2.75) is 6.92 Å². The molecule has 1 aromatic carbocycles. The van der Waals surface area contributed by atoms with Crippen LogP contribution in [-0.2, 0) is 0 Å². The van der Waals surface area contributed by atoms with E-state index in [1.807, 2.05) is 19.1 Å². The zero-order chi connectivity index (χ0) is 8.43. The molecule has 1 nitrogen and oxygen atoms in total. The van der Waals surface area contributed by atoms with E-state index in [2.05, 4.69) is 44.6 Å². The second-order valence-electron chi connectivity index (χ2n) is 2.14. The lowest BCUT2D eigenvalue weighted by Crippen LogP contribution is -1.87. The Kier molecular flexibility index (Phi) is 2.90. The number of halogens is 2. The van der Waals surface area contributed by atoms with E-state index in [-0.39, 0.29) is 0 Å². The van der Waals surface area contributed by atoms with Gasteiger partial charge in [-0.05, 0) is 63.1 Å². The van der Waals surface area contributed by atoms with Crippen LogP contribution >= 0.6 is 38.5 Å². The molecule has 0 saturated carbocycles. The van der Waals surface area contributed by atoms with Crippen LogP contribution in [0.15, 0.2) is 16.6 Å². The molecule has 1 rings (SSSR count). The molecule has 0 heterocycles. The highest BCUT2D eigenvalue weighted by Crippen LogP contribution is 2.23. The smallest absolute Gasteiger partial charge is 0.101 e. The lowest BCUT2D eigenvalue weighted by molar-refractivity contribution is 1.35. The maximum atomic E-state index is 8.74. The molecular formula is C8H5BrIN. The van der Waals surface area contributed by atoms with Crippen LogP contribution in [-0.4, -0.2) is 0 Å². The summed E-state index contributed by atoms with van der Waals surface area (Å²) < 4.78 is 2.00. The second kappa shape index (κ2) is 3.55. The standard InChI is InChI=1S/C8H5BrIN/c1-5-6(4-11)7(9)2-3-8(5)10/h2-3H,1H3. The summed E-state index contributed by atoms with van der Waals surface area (Å²) in [6.07, 6.45) is 0. The van der Waals surface area contributed by atoms with Gasteiger partial charge in [-0.2, -0.15) is 5.26 Å².